The van der Waals surface area contributed by atoms with Crippen LogP contribution in [-0.4, -0.2) is 10.5 Å². The summed E-state index contributed by atoms with van der Waals surface area (Å²) in [5, 5.41) is 1.90. The Morgan fingerprint density at radius 1 is 1.27 bits per heavy atom. The fourth-order valence-electron chi connectivity index (χ4n) is 2.39. The fourth-order valence-corrected chi connectivity index (χ4v) is 4.13. The first kappa shape index (κ1) is 15.2. The van der Waals surface area contributed by atoms with Crippen molar-refractivity contribution in [3.63, 3.8) is 0 Å². The van der Waals surface area contributed by atoms with Crippen molar-refractivity contribution in [1.82, 2.24) is 4.57 Å². The monoisotopic (exact) mass is 330 g/mol. The van der Waals surface area contributed by atoms with Gasteiger partial charge in [0, 0.05) is 6.54 Å². The van der Waals surface area contributed by atoms with Gasteiger partial charge < -0.3 is 4.57 Å². The molecule has 0 saturated heterocycles. The van der Waals surface area contributed by atoms with Crippen LogP contribution >= 0.6 is 22.7 Å². The van der Waals surface area contributed by atoms with E-state index in [1.54, 1.807) is 11.3 Å². The molecule has 5 heteroatoms. The standard InChI is InChI=1S/C17H18N2OS2/c1-4-7-19-13-9-11(2)12(3)10-15(13)22-17(19)18-16(20)14-6-5-8-21-14/h5-6,8-10H,4,7H2,1-3H3. The molecule has 0 spiro atoms. The van der Waals surface area contributed by atoms with E-state index in [1.165, 1.54) is 32.7 Å². The molecule has 2 aromatic heterocycles. The van der Waals surface area contributed by atoms with Crippen LogP contribution < -0.4 is 4.80 Å². The highest BCUT2D eigenvalue weighted by molar-refractivity contribution is 7.16. The average Bonchev–Trinajstić information content (AvgIpc) is 3.11. The number of rotatable bonds is 3. The highest BCUT2D eigenvalue weighted by atomic mass is 32.1. The minimum absolute atomic E-state index is 0.153. The molecule has 0 aliphatic rings. The summed E-state index contributed by atoms with van der Waals surface area (Å²) in [6, 6.07) is 8.09. The van der Waals surface area contributed by atoms with Crippen LogP contribution in [0, 0.1) is 13.8 Å². The predicted molar refractivity (Wildman–Crippen MR) is 93.8 cm³/mol. The molecule has 0 aliphatic carbocycles. The Morgan fingerprint density at radius 2 is 2.05 bits per heavy atom. The lowest BCUT2D eigenvalue weighted by Gasteiger charge is -2.05. The molecule has 0 fully saturated rings. The van der Waals surface area contributed by atoms with Crippen molar-refractivity contribution in [1.29, 1.82) is 0 Å². The Morgan fingerprint density at radius 3 is 2.73 bits per heavy atom. The molecular formula is C17H18N2OS2. The first-order valence-corrected chi connectivity index (χ1v) is 9.03. The number of aromatic nitrogens is 1. The van der Waals surface area contributed by atoms with Gasteiger partial charge >= 0.3 is 0 Å². The Hall–Kier alpha value is -1.72. The van der Waals surface area contributed by atoms with E-state index in [9.17, 15) is 4.79 Å². The van der Waals surface area contributed by atoms with Crippen LogP contribution in [-0.2, 0) is 6.54 Å². The van der Waals surface area contributed by atoms with Gasteiger partial charge in [-0.25, -0.2) is 0 Å². The van der Waals surface area contributed by atoms with E-state index in [1.807, 2.05) is 17.5 Å². The molecule has 114 valence electrons. The zero-order chi connectivity index (χ0) is 15.7. The van der Waals surface area contributed by atoms with Gasteiger partial charge in [-0.3, -0.25) is 4.79 Å². The zero-order valence-electron chi connectivity index (χ0n) is 12.9. The molecule has 0 unspecified atom stereocenters. The van der Waals surface area contributed by atoms with Crippen molar-refractivity contribution >= 4 is 38.8 Å². The summed E-state index contributed by atoms with van der Waals surface area (Å²) in [7, 11) is 0. The van der Waals surface area contributed by atoms with E-state index >= 15 is 0 Å². The largest absolute Gasteiger partial charge is 0.316 e. The van der Waals surface area contributed by atoms with Crippen LogP contribution in [0.1, 0.15) is 34.1 Å². The number of aryl methyl sites for hydroxylation is 3. The third-order valence-corrected chi connectivity index (χ3v) is 5.57. The maximum atomic E-state index is 12.3. The van der Waals surface area contributed by atoms with Crippen LogP contribution in [0.5, 0.6) is 0 Å². The number of thiophene rings is 1. The molecule has 0 saturated carbocycles. The smallest absolute Gasteiger partial charge is 0.289 e. The summed E-state index contributed by atoms with van der Waals surface area (Å²) >= 11 is 3.03. The number of amides is 1. The van der Waals surface area contributed by atoms with Crippen molar-refractivity contribution < 1.29 is 4.79 Å². The highest BCUT2D eigenvalue weighted by Gasteiger charge is 2.10. The molecule has 1 amide bonds. The number of benzene rings is 1. The zero-order valence-corrected chi connectivity index (χ0v) is 14.6. The van der Waals surface area contributed by atoms with Gasteiger partial charge in [0.2, 0.25) is 0 Å². The number of nitrogens with zero attached hydrogens (tertiary/aromatic N) is 2. The van der Waals surface area contributed by atoms with Crippen LogP contribution in [0.4, 0.5) is 0 Å². The van der Waals surface area contributed by atoms with Gasteiger partial charge in [-0.2, -0.15) is 4.99 Å². The molecular weight excluding hydrogens is 312 g/mol. The topological polar surface area (TPSA) is 34.4 Å². The maximum Gasteiger partial charge on any atom is 0.289 e. The number of carbonyl (C=O) groups excluding carboxylic acids is 1. The van der Waals surface area contributed by atoms with Crippen molar-refractivity contribution in [2.75, 3.05) is 0 Å². The van der Waals surface area contributed by atoms with E-state index in [4.69, 9.17) is 0 Å². The summed E-state index contributed by atoms with van der Waals surface area (Å²) in [4.78, 5) is 18.1. The van der Waals surface area contributed by atoms with Crippen molar-refractivity contribution in [3.05, 3.63) is 50.5 Å². The van der Waals surface area contributed by atoms with E-state index in [0.717, 1.165) is 17.8 Å². The van der Waals surface area contributed by atoms with E-state index in [-0.39, 0.29) is 5.91 Å². The summed E-state index contributed by atoms with van der Waals surface area (Å²) in [6.07, 6.45) is 1.01. The molecule has 0 atom stereocenters. The number of carbonyl (C=O) groups is 1. The molecule has 0 bridgehead atoms. The normalized spacial score (nSPS) is 12.2. The molecule has 3 nitrogen and oxygen atoms in total. The second-order valence-electron chi connectivity index (χ2n) is 5.33. The van der Waals surface area contributed by atoms with E-state index in [0.29, 0.717) is 4.88 Å². The predicted octanol–water partition coefficient (Wildman–Crippen LogP) is 4.53. The second-order valence-corrected chi connectivity index (χ2v) is 7.29. The number of thiazole rings is 1. The maximum absolute atomic E-state index is 12.3. The van der Waals surface area contributed by atoms with Gasteiger partial charge in [0.25, 0.3) is 5.91 Å². The van der Waals surface area contributed by atoms with Gasteiger partial charge in [-0.05, 0) is 55.0 Å². The molecule has 1 aromatic carbocycles. The lowest BCUT2D eigenvalue weighted by Crippen LogP contribution is -2.16. The van der Waals surface area contributed by atoms with Crippen molar-refractivity contribution in [2.45, 2.75) is 33.7 Å². The van der Waals surface area contributed by atoms with Gasteiger partial charge in [-0.1, -0.05) is 24.3 Å². The third-order valence-electron chi connectivity index (χ3n) is 3.67. The lowest BCUT2D eigenvalue weighted by atomic mass is 10.1. The molecule has 0 radical (unpaired) electrons. The highest BCUT2D eigenvalue weighted by Crippen LogP contribution is 2.22. The van der Waals surface area contributed by atoms with Gasteiger partial charge in [-0.15, -0.1) is 11.3 Å². The van der Waals surface area contributed by atoms with Crippen LogP contribution in [0.15, 0.2) is 34.6 Å². The molecule has 0 N–H and O–H groups in total. The first-order chi connectivity index (χ1) is 10.6. The fraction of sp³-hybridized carbons (Fsp3) is 0.294. The molecule has 2 heterocycles. The first-order valence-electron chi connectivity index (χ1n) is 7.33. The quantitative estimate of drug-likeness (QED) is 0.694. The second kappa shape index (κ2) is 6.18. The SMILES string of the molecule is CCCn1c(=NC(=O)c2cccs2)sc2cc(C)c(C)cc21. The Balaban J connectivity index is 2.20. The van der Waals surface area contributed by atoms with Crippen LogP contribution in [0.2, 0.25) is 0 Å². The third kappa shape index (κ3) is 2.78. The molecule has 3 rings (SSSR count). The molecule has 22 heavy (non-hydrogen) atoms. The number of hydrogen-bond acceptors (Lipinski definition) is 3. The average molecular weight is 330 g/mol. The van der Waals surface area contributed by atoms with Crippen LogP contribution in [0.25, 0.3) is 10.2 Å². The van der Waals surface area contributed by atoms with E-state index in [2.05, 4.69) is 42.5 Å². The molecule has 3 aromatic rings. The Labute approximate surface area is 137 Å². The van der Waals surface area contributed by atoms with Gasteiger partial charge in [0.1, 0.15) is 0 Å². The number of fused-ring (bicyclic) bond motifs is 1. The van der Waals surface area contributed by atoms with Crippen molar-refractivity contribution in [2.24, 2.45) is 4.99 Å². The van der Waals surface area contributed by atoms with Gasteiger partial charge in [0.05, 0.1) is 15.1 Å². The summed E-state index contributed by atoms with van der Waals surface area (Å²) < 4.78 is 3.35. The summed E-state index contributed by atoms with van der Waals surface area (Å²) in [5.74, 6) is -0.153. The van der Waals surface area contributed by atoms with E-state index < -0.39 is 0 Å². The Kier molecular flexibility index (Phi) is 4.27. The minimum atomic E-state index is -0.153. The van der Waals surface area contributed by atoms with Crippen molar-refractivity contribution in [3.8, 4) is 0 Å². The number of hydrogen-bond donors (Lipinski definition) is 0. The summed E-state index contributed by atoms with van der Waals surface area (Å²) in [6.45, 7) is 7.25. The lowest BCUT2D eigenvalue weighted by molar-refractivity contribution is 0.100. The van der Waals surface area contributed by atoms with Gasteiger partial charge in [0.15, 0.2) is 4.80 Å². The molecule has 0 aliphatic heterocycles. The summed E-state index contributed by atoms with van der Waals surface area (Å²) in [5.41, 5.74) is 3.72. The Bertz CT molecular complexity index is 885. The van der Waals surface area contributed by atoms with Crippen LogP contribution in [0.3, 0.4) is 0 Å². The minimum Gasteiger partial charge on any atom is -0.316 e.